The van der Waals surface area contributed by atoms with Crippen molar-refractivity contribution in [2.75, 3.05) is 0 Å². The van der Waals surface area contributed by atoms with E-state index < -0.39 is 23.2 Å². The van der Waals surface area contributed by atoms with Crippen molar-refractivity contribution in [2.24, 2.45) is 0 Å². The predicted octanol–water partition coefficient (Wildman–Crippen LogP) is 13.9. The molecule has 1 aliphatic heterocycles. The van der Waals surface area contributed by atoms with E-state index in [1.807, 2.05) is 0 Å². The monoisotopic (exact) mass is 750 g/mol. The Labute approximate surface area is 316 Å². The van der Waals surface area contributed by atoms with Crippen LogP contribution in [0.25, 0.3) is 33.2 Å². The van der Waals surface area contributed by atoms with Gasteiger partial charge in [0.05, 0.1) is 0 Å². The molecule has 50 heavy (non-hydrogen) atoms. The maximum absolute atomic E-state index is 2.63. The number of unbranched alkanes of at least 4 members (excludes halogenated alkanes) is 1. The normalized spacial score (nSPS) is 19.2. The number of hydrogen-bond acceptors (Lipinski definition) is 0. The van der Waals surface area contributed by atoms with Gasteiger partial charge in [0, 0.05) is 9.52 Å². The van der Waals surface area contributed by atoms with Crippen LogP contribution in [0.4, 0.5) is 0 Å². The number of hydrogen-bond donors (Lipinski definition) is 0. The van der Waals surface area contributed by atoms with Gasteiger partial charge in [-0.3, -0.25) is 0 Å². The van der Waals surface area contributed by atoms with E-state index in [0.29, 0.717) is 21.4 Å². The third kappa shape index (κ3) is 6.54. The van der Waals surface area contributed by atoms with Gasteiger partial charge in [-0.05, 0) is 0 Å². The summed E-state index contributed by atoms with van der Waals surface area (Å²) in [6.07, 6.45) is 13.2. The standard InChI is InChI=1S/C40H37.C4H10Si.C4H9.Zr/c1-4-14-36(38-26(5-2)25-37-31-19-10-8-16-28(31)23-24-35(37)38)40-29(6-3)39(33-20-11-12-21-34(33)40)32-22-13-17-27-15-7-9-18-30(27)32;1-2-4-5-3-1;1-3-4-2;/h7-13,15-25,38,40H,4-6,14H2,1-3H3;1-5H2;1,3-4H2,2H3;. The molecule has 3 aliphatic rings. The molecule has 1 heterocycles. The van der Waals surface area contributed by atoms with E-state index in [-0.39, 0.29) is 3.12 Å². The van der Waals surface area contributed by atoms with E-state index in [0.717, 1.165) is 12.8 Å². The number of allylic oxidation sites excluding steroid dienone is 2. The van der Waals surface area contributed by atoms with Gasteiger partial charge < -0.3 is 0 Å². The molecule has 3 atom stereocenters. The Morgan fingerprint density at radius 2 is 1.32 bits per heavy atom. The Morgan fingerprint density at radius 1 is 0.640 bits per heavy atom. The molecule has 0 bridgehead atoms. The summed E-state index contributed by atoms with van der Waals surface area (Å²) in [5, 5.41) is 5.53. The second-order valence-corrected chi connectivity index (χ2v) is 21.4. The molecule has 5 aromatic carbocycles. The number of rotatable bonds is 11. The molecule has 1 saturated heterocycles. The summed E-state index contributed by atoms with van der Waals surface area (Å²) in [4.78, 5) is 0. The second-order valence-electron chi connectivity index (χ2n) is 14.9. The minimum absolute atomic E-state index is 0.274. The third-order valence-corrected chi connectivity index (χ3v) is 19.1. The van der Waals surface area contributed by atoms with Gasteiger partial charge in [-0.15, -0.1) is 0 Å². The van der Waals surface area contributed by atoms with Crippen molar-refractivity contribution in [1.82, 2.24) is 0 Å². The second kappa shape index (κ2) is 16.3. The van der Waals surface area contributed by atoms with Gasteiger partial charge in [-0.2, -0.15) is 0 Å². The average Bonchev–Trinajstić information content (AvgIpc) is 3.94. The molecule has 0 spiro atoms. The molecule has 0 radical (unpaired) electrons. The zero-order chi connectivity index (χ0) is 34.5. The van der Waals surface area contributed by atoms with Crippen molar-refractivity contribution < 1.29 is 23.2 Å². The fourth-order valence-corrected chi connectivity index (χ4v) is 17.8. The Morgan fingerprint density at radius 3 is 2.02 bits per heavy atom. The van der Waals surface area contributed by atoms with Crippen LogP contribution in [-0.2, 0) is 23.2 Å². The first kappa shape index (κ1) is 35.6. The molecule has 8 rings (SSSR count). The van der Waals surface area contributed by atoms with E-state index in [4.69, 9.17) is 0 Å². The average molecular weight is 752 g/mol. The summed E-state index contributed by atoms with van der Waals surface area (Å²) in [7, 11) is 0.543. The van der Waals surface area contributed by atoms with Gasteiger partial charge in [0.1, 0.15) is 0 Å². The van der Waals surface area contributed by atoms with Crippen LogP contribution in [0.1, 0.15) is 119 Å². The fraction of sp³-hybridized carbons (Fsp3) is 0.375. The summed E-state index contributed by atoms with van der Waals surface area (Å²) in [5.74, 6) is 0.963. The molecule has 2 heteroatoms. The molecule has 0 amide bonds. The third-order valence-electron chi connectivity index (χ3n) is 12.0. The van der Waals surface area contributed by atoms with Crippen LogP contribution in [0.5, 0.6) is 0 Å². The molecule has 3 unspecified atom stereocenters. The van der Waals surface area contributed by atoms with Crippen LogP contribution in [0.2, 0.25) is 19.3 Å². The molecule has 1 fully saturated rings. The van der Waals surface area contributed by atoms with Crippen molar-refractivity contribution in [1.29, 1.82) is 0 Å². The van der Waals surface area contributed by atoms with Gasteiger partial charge in [0.15, 0.2) is 0 Å². The molecule has 256 valence electrons. The van der Waals surface area contributed by atoms with Gasteiger partial charge in [-0.25, -0.2) is 0 Å². The van der Waals surface area contributed by atoms with Gasteiger partial charge >= 0.3 is 284 Å². The van der Waals surface area contributed by atoms with Crippen LogP contribution in [0.15, 0.2) is 114 Å². The van der Waals surface area contributed by atoms with Crippen LogP contribution in [0, 0.1) is 0 Å². The van der Waals surface area contributed by atoms with Crippen LogP contribution < -0.4 is 0 Å². The molecule has 0 saturated carbocycles. The predicted molar refractivity (Wildman–Crippen MR) is 219 cm³/mol. The first-order valence-corrected chi connectivity index (χ1v) is 24.9. The van der Waals surface area contributed by atoms with E-state index in [1.165, 1.54) is 73.6 Å². The fourth-order valence-electron chi connectivity index (χ4n) is 9.86. The van der Waals surface area contributed by atoms with Crippen molar-refractivity contribution in [2.45, 2.75) is 110 Å². The van der Waals surface area contributed by atoms with E-state index in [2.05, 4.69) is 137 Å². The molecular formula is C48H56SiZr. The Kier molecular flexibility index (Phi) is 11.6. The topological polar surface area (TPSA) is 0 Å². The van der Waals surface area contributed by atoms with Crippen molar-refractivity contribution in [3.63, 3.8) is 0 Å². The van der Waals surface area contributed by atoms with Gasteiger partial charge in [0.2, 0.25) is 0 Å². The van der Waals surface area contributed by atoms with Crippen molar-refractivity contribution in [3.8, 4) is 0 Å². The summed E-state index contributed by atoms with van der Waals surface area (Å²) in [6, 6.07) is 42.9. The molecule has 0 aromatic heterocycles. The Balaban J connectivity index is 0.000000722. The summed E-state index contributed by atoms with van der Waals surface area (Å²) < 4.78 is 1.73. The van der Waals surface area contributed by atoms with Crippen LogP contribution in [0.3, 0.4) is 0 Å². The molecule has 0 nitrogen and oxygen atoms in total. The zero-order valence-electron chi connectivity index (χ0n) is 31.0. The molecular weight excluding hydrogens is 696 g/mol. The van der Waals surface area contributed by atoms with Crippen LogP contribution >= 0.6 is 0 Å². The van der Waals surface area contributed by atoms with Gasteiger partial charge in [0.25, 0.3) is 0 Å². The molecule has 5 aromatic rings. The molecule has 2 aliphatic carbocycles. The minimum atomic E-state index is -0.886. The van der Waals surface area contributed by atoms with Crippen molar-refractivity contribution in [3.05, 3.63) is 142 Å². The van der Waals surface area contributed by atoms with E-state index in [9.17, 15) is 0 Å². The maximum atomic E-state index is 2.63. The quantitative estimate of drug-likeness (QED) is 0.0931. The van der Waals surface area contributed by atoms with Gasteiger partial charge in [-0.1, -0.05) is 24.9 Å². The zero-order valence-corrected chi connectivity index (χ0v) is 34.9. The van der Waals surface area contributed by atoms with E-state index >= 15 is 0 Å². The SMILES string of the molecule is C1CC[SiH2]C1.CCC[CH2][Zr][C](CCC)(C1C(CC)=C(c2cccc3ccccc23)c2ccccc21)C1C(CC)=Cc2c1ccc1ccccc21. The Bertz CT molecular complexity index is 2000. The summed E-state index contributed by atoms with van der Waals surface area (Å²) in [5.41, 5.74) is 12.5. The Hall–Kier alpha value is -2.80. The number of benzene rings is 5. The molecule has 0 N–H and O–H groups in total. The first-order chi connectivity index (χ1) is 24.7. The van der Waals surface area contributed by atoms with Crippen molar-refractivity contribution >= 4 is 42.7 Å². The first-order valence-electron chi connectivity index (χ1n) is 19.9. The number of fused-ring (bicyclic) bond motifs is 5. The summed E-state index contributed by atoms with van der Waals surface area (Å²) in [6.45, 7) is 9.71. The summed E-state index contributed by atoms with van der Waals surface area (Å²) >= 11 is -0.886. The van der Waals surface area contributed by atoms with E-state index in [1.54, 1.807) is 47.2 Å². The van der Waals surface area contributed by atoms with Crippen LogP contribution in [-0.4, -0.2) is 9.52 Å².